The number of benzene rings is 1. The molecular formula is C14H15ClO2. The summed E-state index contributed by atoms with van der Waals surface area (Å²) in [5, 5.41) is 8.60. The lowest BCUT2D eigenvalue weighted by Gasteiger charge is -2.07. The predicted octanol–water partition coefficient (Wildman–Crippen LogP) is 4.08. The Bertz CT molecular complexity index is 458. The van der Waals surface area contributed by atoms with Crippen LogP contribution in [0.2, 0.25) is 0 Å². The summed E-state index contributed by atoms with van der Waals surface area (Å²) in [6, 6.07) is 9.59. The number of halogens is 1. The molecule has 0 aliphatic carbocycles. The maximum absolute atomic E-state index is 10.8. The van der Waals surface area contributed by atoms with Gasteiger partial charge in [0.05, 0.1) is 0 Å². The summed E-state index contributed by atoms with van der Waals surface area (Å²) in [4.78, 5) is 10.8. The third kappa shape index (κ3) is 3.75. The van der Waals surface area contributed by atoms with Gasteiger partial charge in [-0.25, -0.2) is 0 Å². The number of hydrogen-bond acceptors (Lipinski definition) is 2. The maximum Gasteiger partial charge on any atom is 0.286 e. The molecule has 0 amide bonds. The van der Waals surface area contributed by atoms with Gasteiger partial charge in [0, 0.05) is 0 Å². The molecule has 0 atom stereocenters. The zero-order chi connectivity index (χ0) is 12.8. The van der Waals surface area contributed by atoms with E-state index in [-0.39, 0.29) is 0 Å². The Morgan fingerprint density at radius 1 is 1.35 bits per heavy atom. The molecule has 90 valence electrons. The van der Waals surface area contributed by atoms with Crippen LogP contribution in [0.5, 0.6) is 0 Å². The Labute approximate surface area is 106 Å². The molecule has 0 saturated carbocycles. The van der Waals surface area contributed by atoms with Crippen molar-refractivity contribution in [2.45, 2.75) is 20.3 Å². The SMILES string of the molecule is CCC(C)=C(/C=C(\O)C(=O)Cl)c1ccccc1. The molecule has 17 heavy (non-hydrogen) atoms. The minimum atomic E-state index is -0.845. The molecule has 1 aromatic carbocycles. The highest BCUT2D eigenvalue weighted by Crippen LogP contribution is 2.23. The Hall–Kier alpha value is -1.54. The second-order valence-corrected chi connectivity index (χ2v) is 4.06. The van der Waals surface area contributed by atoms with Crippen molar-refractivity contribution in [2.24, 2.45) is 0 Å². The van der Waals surface area contributed by atoms with Crippen LogP contribution in [0.1, 0.15) is 25.8 Å². The number of rotatable bonds is 4. The molecule has 1 aromatic rings. The van der Waals surface area contributed by atoms with Gasteiger partial charge in [-0.15, -0.1) is 0 Å². The Kier molecular flexibility index (Phi) is 4.98. The normalized spacial score (nSPS) is 13.2. The van der Waals surface area contributed by atoms with Crippen LogP contribution in [-0.2, 0) is 4.79 Å². The molecule has 0 aliphatic rings. The second-order valence-electron chi connectivity index (χ2n) is 3.72. The summed E-state index contributed by atoms with van der Waals surface area (Å²) in [7, 11) is 0. The van der Waals surface area contributed by atoms with Gasteiger partial charge in [-0.05, 0) is 42.2 Å². The summed E-state index contributed by atoms with van der Waals surface area (Å²) in [6.45, 7) is 3.98. The van der Waals surface area contributed by atoms with Crippen LogP contribution >= 0.6 is 11.6 Å². The van der Waals surface area contributed by atoms with Gasteiger partial charge in [0.25, 0.3) is 5.24 Å². The number of hydrogen-bond donors (Lipinski definition) is 1. The first-order chi connectivity index (χ1) is 8.06. The first-order valence-electron chi connectivity index (χ1n) is 5.42. The quantitative estimate of drug-likeness (QED) is 0.378. The van der Waals surface area contributed by atoms with Crippen molar-refractivity contribution in [3.63, 3.8) is 0 Å². The summed E-state index contributed by atoms with van der Waals surface area (Å²) < 4.78 is 0. The molecule has 0 saturated heterocycles. The van der Waals surface area contributed by atoms with Gasteiger partial charge in [-0.2, -0.15) is 0 Å². The molecule has 0 unspecified atom stereocenters. The summed E-state index contributed by atoms with van der Waals surface area (Å²) in [5.41, 5.74) is 2.87. The molecule has 2 nitrogen and oxygen atoms in total. The maximum atomic E-state index is 10.8. The van der Waals surface area contributed by atoms with Gasteiger partial charge >= 0.3 is 0 Å². The van der Waals surface area contributed by atoms with Crippen LogP contribution in [0.4, 0.5) is 0 Å². The van der Waals surface area contributed by atoms with Crippen LogP contribution in [-0.4, -0.2) is 10.3 Å². The summed E-state index contributed by atoms with van der Waals surface area (Å²) >= 11 is 5.23. The molecule has 1 N–H and O–H groups in total. The van der Waals surface area contributed by atoms with E-state index < -0.39 is 11.0 Å². The fourth-order valence-electron chi connectivity index (χ4n) is 1.45. The van der Waals surface area contributed by atoms with Gasteiger partial charge in [-0.1, -0.05) is 42.8 Å². The first kappa shape index (κ1) is 13.5. The minimum absolute atomic E-state index is 0.432. The lowest BCUT2D eigenvalue weighted by molar-refractivity contribution is -0.110. The molecule has 0 fully saturated rings. The molecular weight excluding hydrogens is 236 g/mol. The van der Waals surface area contributed by atoms with Crippen molar-refractivity contribution in [3.8, 4) is 0 Å². The van der Waals surface area contributed by atoms with E-state index >= 15 is 0 Å². The second kappa shape index (κ2) is 6.26. The molecule has 0 aliphatic heterocycles. The molecule has 1 rings (SSSR count). The zero-order valence-electron chi connectivity index (χ0n) is 9.90. The van der Waals surface area contributed by atoms with Crippen molar-refractivity contribution in [2.75, 3.05) is 0 Å². The van der Waals surface area contributed by atoms with Crippen LogP contribution in [0.15, 0.2) is 47.7 Å². The Balaban J connectivity index is 3.26. The molecule has 3 heteroatoms. The van der Waals surface area contributed by atoms with E-state index in [1.807, 2.05) is 44.2 Å². The number of aliphatic hydroxyl groups is 1. The van der Waals surface area contributed by atoms with E-state index in [2.05, 4.69) is 0 Å². The van der Waals surface area contributed by atoms with E-state index in [4.69, 9.17) is 11.6 Å². The van der Waals surface area contributed by atoms with Gasteiger partial charge in [0.15, 0.2) is 5.76 Å². The van der Waals surface area contributed by atoms with Gasteiger partial charge < -0.3 is 5.11 Å². The molecule has 0 spiro atoms. The first-order valence-corrected chi connectivity index (χ1v) is 5.79. The highest BCUT2D eigenvalue weighted by atomic mass is 35.5. The van der Waals surface area contributed by atoms with Gasteiger partial charge in [0.2, 0.25) is 0 Å². The van der Waals surface area contributed by atoms with Crippen molar-refractivity contribution < 1.29 is 9.90 Å². The Morgan fingerprint density at radius 3 is 2.41 bits per heavy atom. The number of allylic oxidation sites excluding steroid dienone is 4. The highest BCUT2D eigenvalue weighted by molar-refractivity contribution is 6.67. The van der Waals surface area contributed by atoms with Crippen molar-refractivity contribution in [1.29, 1.82) is 0 Å². The fraction of sp³-hybridized carbons (Fsp3) is 0.214. The van der Waals surface area contributed by atoms with Crippen molar-refractivity contribution in [3.05, 3.63) is 53.3 Å². The summed E-state index contributed by atoms with van der Waals surface area (Å²) in [6.07, 6.45) is 2.26. The topological polar surface area (TPSA) is 37.3 Å². The van der Waals surface area contributed by atoms with Gasteiger partial charge in [-0.3, -0.25) is 4.79 Å². The van der Waals surface area contributed by atoms with E-state index in [0.29, 0.717) is 0 Å². The van der Waals surface area contributed by atoms with Crippen LogP contribution < -0.4 is 0 Å². The van der Waals surface area contributed by atoms with Crippen molar-refractivity contribution in [1.82, 2.24) is 0 Å². The Morgan fingerprint density at radius 2 is 1.94 bits per heavy atom. The van der Waals surface area contributed by atoms with Crippen LogP contribution in [0.3, 0.4) is 0 Å². The molecule has 0 aromatic heterocycles. The number of aliphatic hydroxyl groups excluding tert-OH is 1. The standard InChI is InChI=1S/C14H15ClO2/c1-3-10(2)12(9-13(16)14(15)17)11-7-5-4-6-8-11/h4-9,16H,3H2,1-2H3/b12-10?,13-9-. The predicted molar refractivity (Wildman–Crippen MR) is 70.9 cm³/mol. The van der Waals surface area contributed by atoms with Gasteiger partial charge in [0.1, 0.15) is 0 Å². The smallest absolute Gasteiger partial charge is 0.286 e. The van der Waals surface area contributed by atoms with E-state index in [1.54, 1.807) is 0 Å². The molecule has 0 radical (unpaired) electrons. The third-order valence-corrected chi connectivity index (χ3v) is 2.75. The lowest BCUT2D eigenvalue weighted by Crippen LogP contribution is -1.94. The fourth-order valence-corrected chi connectivity index (χ4v) is 1.51. The molecule has 0 bridgehead atoms. The molecule has 0 heterocycles. The lowest BCUT2D eigenvalue weighted by atomic mass is 9.98. The summed E-state index contributed by atoms with van der Waals surface area (Å²) in [5.74, 6) is -0.432. The highest BCUT2D eigenvalue weighted by Gasteiger charge is 2.07. The monoisotopic (exact) mass is 250 g/mol. The van der Waals surface area contributed by atoms with E-state index in [9.17, 15) is 9.90 Å². The average molecular weight is 251 g/mol. The zero-order valence-corrected chi connectivity index (χ0v) is 10.7. The third-order valence-electron chi connectivity index (χ3n) is 2.56. The van der Waals surface area contributed by atoms with E-state index in [1.165, 1.54) is 6.08 Å². The van der Waals surface area contributed by atoms with E-state index in [0.717, 1.165) is 23.1 Å². The number of carbonyl (C=O) groups excluding carboxylic acids is 1. The average Bonchev–Trinajstić information content (AvgIpc) is 2.35. The number of carbonyl (C=O) groups is 1. The van der Waals surface area contributed by atoms with Crippen molar-refractivity contribution >= 4 is 22.4 Å². The minimum Gasteiger partial charge on any atom is -0.503 e. The largest absolute Gasteiger partial charge is 0.503 e. The van der Waals surface area contributed by atoms with Crippen LogP contribution in [0.25, 0.3) is 5.57 Å². The van der Waals surface area contributed by atoms with Crippen LogP contribution in [0, 0.1) is 0 Å².